The molecule has 0 saturated heterocycles. The zero-order valence-corrected chi connectivity index (χ0v) is 20.0. The molecule has 0 aliphatic carbocycles. The highest BCUT2D eigenvalue weighted by Gasteiger charge is 2.11. The number of hydrogen-bond acceptors (Lipinski definition) is 2. The van der Waals surface area contributed by atoms with Crippen LogP contribution in [-0.4, -0.2) is 35.1 Å². The van der Waals surface area contributed by atoms with Crippen LogP contribution in [-0.2, 0) is 4.79 Å². The number of amides is 1. The average Bonchev–Trinajstić information content (AvgIpc) is 2.72. The Hall–Kier alpha value is -0.830. The number of unbranched alkanes of at least 4 members (excludes halogenated alkanes) is 10. The fourth-order valence-electron chi connectivity index (χ4n) is 3.58. The Morgan fingerprint density at radius 1 is 0.759 bits per heavy atom. The molecule has 0 aromatic rings. The van der Waals surface area contributed by atoms with Crippen LogP contribution in [0, 0.1) is 0 Å². The van der Waals surface area contributed by atoms with Gasteiger partial charge in [0.25, 0.3) is 0 Å². The van der Waals surface area contributed by atoms with Gasteiger partial charge in [-0.15, -0.1) is 0 Å². The molecule has 0 spiro atoms. The molecule has 0 saturated carbocycles. The first-order chi connectivity index (χ1) is 14.2. The van der Waals surface area contributed by atoms with Crippen LogP contribution in [0.4, 0.5) is 0 Å². The third-order valence-corrected chi connectivity index (χ3v) is 5.64. The molecule has 1 N–H and O–H groups in total. The number of aliphatic hydroxyl groups excluding tert-OH is 1. The molecule has 0 radical (unpaired) electrons. The number of rotatable bonds is 21. The Bertz CT molecular complexity index is 373. The molecule has 0 rings (SSSR count). The van der Waals surface area contributed by atoms with E-state index in [1.54, 1.807) is 0 Å². The van der Waals surface area contributed by atoms with Crippen LogP contribution in [0.25, 0.3) is 0 Å². The molecule has 0 aliphatic rings. The molecule has 0 unspecified atom stereocenters. The van der Waals surface area contributed by atoms with Crippen molar-refractivity contribution in [3.05, 3.63) is 12.2 Å². The van der Waals surface area contributed by atoms with Crippen LogP contribution in [0.2, 0.25) is 0 Å². The van der Waals surface area contributed by atoms with E-state index in [0.29, 0.717) is 5.91 Å². The molecular formula is C26H51NO2. The summed E-state index contributed by atoms with van der Waals surface area (Å²) in [6.45, 7) is 8.47. The maximum Gasteiger partial charge on any atom is 0.222 e. The van der Waals surface area contributed by atoms with E-state index < -0.39 is 0 Å². The maximum absolute atomic E-state index is 12.4. The first-order valence-corrected chi connectivity index (χ1v) is 12.8. The van der Waals surface area contributed by atoms with Crippen LogP contribution >= 0.6 is 0 Å². The van der Waals surface area contributed by atoms with Gasteiger partial charge < -0.3 is 10.0 Å². The molecule has 3 nitrogen and oxygen atoms in total. The van der Waals surface area contributed by atoms with Crippen molar-refractivity contribution in [2.45, 2.75) is 136 Å². The van der Waals surface area contributed by atoms with E-state index in [9.17, 15) is 9.90 Å². The number of aliphatic hydroxyl groups is 1. The minimum Gasteiger partial charge on any atom is -0.393 e. The monoisotopic (exact) mass is 409 g/mol. The molecule has 1 atom stereocenters. The molecule has 3 heteroatoms. The van der Waals surface area contributed by atoms with Crippen molar-refractivity contribution >= 4 is 5.91 Å². The van der Waals surface area contributed by atoms with Gasteiger partial charge in [0.15, 0.2) is 0 Å². The first-order valence-electron chi connectivity index (χ1n) is 12.8. The molecule has 0 aliphatic heterocycles. The van der Waals surface area contributed by atoms with Crippen molar-refractivity contribution in [1.82, 2.24) is 4.90 Å². The number of allylic oxidation sites excluding steroid dienone is 1. The Labute approximate surface area is 182 Å². The molecule has 0 aromatic heterocycles. The largest absolute Gasteiger partial charge is 0.393 e. The number of carbonyl (C=O) groups is 1. The standard InChI is InChI=1S/C26H51NO2/c1-4-7-10-17-20-25(28)21-18-15-13-11-12-14-16-19-22-26(29)27(23-8-5-2)24-9-6-3/h15,18,25,28H,4-14,16-17,19-24H2,1-3H3/b18-15-/t25-/m1/s1. The Morgan fingerprint density at radius 3 is 2.00 bits per heavy atom. The lowest BCUT2D eigenvalue weighted by Gasteiger charge is -2.22. The summed E-state index contributed by atoms with van der Waals surface area (Å²) in [7, 11) is 0. The molecule has 0 bridgehead atoms. The Kier molecular flexibility index (Phi) is 21.2. The van der Waals surface area contributed by atoms with Crippen molar-refractivity contribution in [2.24, 2.45) is 0 Å². The third-order valence-electron chi connectivity index (χ3n) is 5.64. The minimum absolute atomic E-state index is 0.158. The summed E-state index contributed by atoms with van der Waals surface area (Å²) in [6.07, 6.45) is 23.2. The van der Waals surface area contributed by atoms with Gasteiger partial charge in [-0.2, -0.15) is 0 Å². The topological polar surface area (TPSA) is 40.5 Å². The number of carbonyl (C=O) groups excluding carboxylic acids is 1. The first kappa shape index (κ1) is 28.2. The summed E-state index contributed by atoms with van der Waals surface area (Å²) in [5.74, 6) is 0.364. The molecule has 0 aromatic carbocycles. The zero-order chi connectivity index (χ0) is 21.6. The predicted octanol–water partition coefficient (Wildman–Crippen LogP) is 7.42. The molecule has 1 amide bonds. The fourth-order valence-corrected chi connectivity index (χ4v) is 3.58. The molecule has 0 fully saturated rings. The van der Waals surface area contributed by atoms with Crippen molar-refractivity contribution in [3.8, 4) is 0 Å². The highest BCUT2D eigenvalue weighted by atomic mass is 16.3. The molecule has 29 heavy (non-hydrogen) atoms. The lowest BCUT2D eigenvalue weighted by molar-refractivity contribution is -0.131. The average molecular weight is 410 g/mol. The van der Waals surface area contributed by atoms with E-state index in [1.165, 1.54) is 44.9 Å². The molecule has 0 heterocycles. The van der Waals surface area contributed by atoms with Crippen LogP contribution in [0.1, 0.15) is 130 Å². The summed E-state index contributed by atoms with van der Waals surface area (Å²) in [4.78, 5) is 14.5. The van der Waals surface area contributed by atoms with Gasteiger partial charge in [0.05, 0.1) is 6.10 Å². The van der Waals surface area contributed by atoms with Crippen molar-refractivity contribution in [3.63, 3.8) is 0 Å². The summed E-state index contributed by atoms with van der Waals surface area (Å²) in [5.41, 5.74) is 0. The second kappa shape index (κ2) is 21.9. The van der Waals surface area contributed by atoms with Gasteiger partial charge in [-0.3, -0.25) is 4.79 Å². The van der Waals surface area contributed by atoms with E-state index in [0.717, 1.165) is 77.3 Å². The summed E-state index contributed by atoms with van der Waals surface area (Å²) in [6, 6.07) is 0. The van der Waals surface area contributed by atoms with Gasteiger partial charge in [0, 0.05) is 19.5 Å². The maximum atomic E-state index is 12.4. The van der Waals surface area contributed by atoms with Crippen molar-refractivity contribution in [2.75, 3.05) is 13.1 Å². The van der Waals surface area contributed by atoms with Crippen LogP contribution in [0.5, 0.6) is 0 Å². The SMILES string of the molecule is CCCCCC[C@@H](O)C/C=C\CCCCCCCC(=O)N(CCCC)CCCC. The van der Waals surface area contributed by atoms with Gasteiger partial charge in [0.2, 0.25) is 5.91 Å². The second-order valence-corrected chi connectivity index (χ2v) is 8.60. The van der Waals surface area contributed by atoms with E-state index in [1.807, 2.05) is 0 Å². The van der Waals surface area contributed by atoms with Gasteiger partial charge in [-0.1, -0.05) is 90.7 Å². The molecular weight excluding hydrogens is 358 g/mol. The quantitative estimate of drug-likeness (QED) is 0.158. The normalized spacial score (nSPS) is 12.6. The van der Waals surface area contributed by atoms with E-state index in [-0.39, 0.29) is 6.10 Å². The van der Waals surface area contributed by atoms with Crippen LogP contribution in [0.3, 0.4) is 0 Å². The lowest BCUT2D eigenvalue weighted by atomic mass is 10.1. The highest BCUT2D eigenvalue weighted by molar-refractivity contribution is 5.76. The predicted molar refractivity (Wildman–Crippen MR) is 127 cm³/mol. The van der Waals surface area contributed by atoms with Crippen molar-refractivity contribution in [1.29, 1.82) is 0 Å². The van der Waals surface area contributed by atoms with Gasteiger partial charge in [0.1, 0.15) is 0 Å². The Morgan fingerprint density at radius 2 is 1.34 bits per heavy atom. The summed E-state index contributed by atoms with van der Waals surface area (Å²) < 4.78 is 0. The van der Waals surface area contributed by atoms with Gasteiger partial charge in [-0.25, -0.2) is 0 Å². The van der Waals surface area contributed by atoms with Gasteiger partial charge >= 0.3 is 0 Å². The fraction of sp³-hybridized carbons (Fsp3) is 0.885. The van der Waals surface area contributed by atoms with E-state index in [2.05, 4.69) is 37.8 Å². The zero-order valence-electron chi connectivity index (χ0n) is 20.0. The Balaban J connectivity index is 3.62. The summed E-state index contributed by atoms with van der Waals surface area (Å²) in [5, 5.41) is 9.95. The van der Waals surface area contributed by atoms with Crippen LogP contribution in [0.15, 0.2) is 12.2 Å². The van der Waals surface area contributed by atoms with E-state index >= 15 is 0 Å². The second-order valence-electron chi connectivity index (χ2n) is 8.60. The molecule has 172 valence electrons. The highest BCUT2D eigenvalue weighted by Crippen LogP contribution is 2.12. The lowest BCUT2D eigenvalue weighted by Crippen LogP contribution is -2.32. The minimum atomic E-state index is -0.158. The number of hydrogen-bond donors (Lipinski definition) is 1. The third kappa shape index (κ3) is 18.9. The van der Waals surface area contributed by atoms with E-state index in [4.69, 9.17) is 0 Å². The van der Waals surface area contributed by atoms with Crippen molar-refractivity contribution < 1.29 is 9.90 Å². The van der Waals surface area contributed by atoms with Crippen LogP contribution < -0.4 is 0 Å². The van der Waals surface area contributed by atoms with Gasteiger partial charge in [-0.05, 0) is 44.9 Å². The summed E-state index contributed by atoms with van der Waals surface area (Å²) >= 11 is 0. The smallest absolute Gasteiger partial charge is 0.222 e. The number of nitrogens with zero attached hydrogens (tertiary/aromatic N) is 1.